The molecule has 0 nitrogen and oxygen atoms in total. The van der Waals surface area contributed by atoms with Crippen LogP contribution in [0.5, 0.6) is 0 Å². The maximum atomic E-state index is 3.71. The Hall–Kier alpha value is -1.90. The van der Waals surface area contributed by atoms with Gasteiger partial charge >= 0.3 is 0 Å². The summed E-state index contributed by atoms with van der Waals surface area (Å²) in [6.07, 6.45) is 0. The molecule has 0 saturated carbocycles. The lowest BCUT2D eigenvalue weighted by molar-refractivity contribution is 1.62. The smallest absolute Gasteiger partial charge is 0.0254 e. The highest BCUT2D eigenvalue weighted by Crippen LogP contribution is 2.41. The van der Waals surface area contributed by atoms with E-state index in [0.717, 1.165) is 8.95 Å². The molecule has 114 valence electrons. The fourth-order valence-corrected chi connectivity index (χ4v) is 4.37. The van der Waals surface area contributed by atoms with Crippen LogP contribution in [0.2, 0.25) is 0 Å². The van der Waals surface area contributed by atoms with Crippen molar-refractivity contribution >= 4 is 64.2 Å². The highest BCUT2D eigenvalue weighted by molar-refractivity contribution is 9.11. The molecule has 0 atom stereocenters. The predicted molar refractivity (Wildman–Crippen MR) is 111 cm³/mol. The molecule has 0 bridgehead atoms. The fourth-order valence-electron chi connectivity index (χ4n) is 3.65. The van der Waals surface area contributed by atoms with E-state index >= 15 is 0 Å². The summed E-state index contributed by atoms with van der Waals surface area (Å²) in [5.74, 6) is 0. The van der Waals surface area contributed by atoms with Gasteiger partial charge in [0.1, 0.15) is 0 Å². The third-order valence-corrected chi connectivity index (χ3v) is 5.99. The van der Waals surface area contributed by atoms with Gasteiger partial charge in [0.2, 0.25) is 0 Å². The number of hydrogen-bond acceptors (Lipinski definition) is 0. The van der Waals surface area contributed by atoms with Gasteiger partial charge < -0.3 is 0 Å². The SMILES string of the molecule is Brc1ccc(-c2ccc3ccc4c(Br)ccc5ccc2c3c54)cc1. The van der Waals surface area contributed by atoms with Crippen LogP contribution in [0.1, 0.15) is 0 Å². The van der Waals surface area contributed by atoms with Crippen LogP contribution in [-0.2, 0) is 0 Å². The van der Waals surface area contributed by atoms with Gasteiger partial charge in [-0.3, -0.25) is 0 Å². The molecular weight excluding hydrogens is 424 g/mol. The van der Waals surface area contributed by atoms with Crippen LogP contribution >= 0.6 is 31.9 Å². The van der Waals surface area contributed by atoms with Crippen molar-refractivity contribution in [3.8, 4) is 11.1 Å². The lowest BCUT2D eigenvalue weighted by atomic mass is 9.90. The van der Waals surface area contributed by atoms with E-state index in [1.54, 1.807) is 0 Å². The van der Waals surface area contributed by atoms with Gasteiger partial charge in [-0.15, -0.1) is 0 Å². The van der Waals surface area contributed by atoms with E-state index in [2.05, 4.69) is 105 Å². The van der Waals surface area contributed by atoms with Crippen LogP contribution in [-0.4, -0.2) is 0 Å². The normalized spacial score (nSPS) is 11.8. The monoisotopic (exact) mass is 434 g/mol. The van der Waals surface area contributed by atoms with E-state index in [0.29, 0.717) is 0 Å². The van der Waals surface area contributed by atoms with Gasteiger partial charge in [0.25, 0.3) is 0 Å². The van der Waals surface area contributed by atoms with E-state index in [1.807, 2.05) is 0 Å². The Balaban J connectivity index is 1.97. The minimum Gasteiger partial charge on any atom is -0.0537 e. The van der Waals surface area contributed by atoms with Gasteiger partial charge in [-0.2, -0.15) is 0 Å². The molecule has 0 amide bonds. The third kappa shape index (κ3) is 2.03. The maximum absolute atomic E-state index is 3.71. The molecule has 24 heavy (non-hydrogen) atoms. The minimum atomic E-state index is 1.10. The Labute approximate surface area is 156 Å². The van der Waals surface area contributed by atoms with Crippen molar-refractivity contribution in [1.29, 1.82) is 0 Å². The van der Waals surface area contributed by atoms with Crippen molar-refractivity contribution in [2.75, 3.05) is 0 Å². The molecule has 0 saturated heterocycles. The summed E-state index contributed by atoms with van der Waals surface area (Å²) in [6.45, 7) is 0. The van der Waals surface area contributed by atoms with E-state index in [1.165, 1.54) is 43.4 Å². The summed E-state index contributed by atoms with van der Waals surface area (Å²) in [5, 5.41) is 7.87. The molecule has 5 rings (SSSR count). The third-order valence-electron chi connectivity index (χ3n) is 4.77. The summed E-state index contributed by atoms with van der Waals surface area (Å²) >= 11 is 7.23. The summed E-state index contributed by atoms with van der Waals surface area (Å²) in [4.78, 5) is 0. The largest absolute Gasteiger partial charge is 0.0537 e. The second-order valence-corrected chi connectivity index (χ2v) is 7.86. The van der Waals surface area contributed by atoms with Crippen LogP contribution in [0, 0.1) is 0 Å². The van der Waals surface area contributed by atoms with E-state index in [-0.39, 0.29) is 0 Å². The topological polar surface area (TPSA) is 0 Å². The van der Waals surface area contributed by atoms with Crippen LogP contribution in [0.3, 0.4) is 0 Å². The quantitative estimate of drug-likeness (QED) is 0.236. The van der Waals surface area contributed by atoms with Crippen LogP contribution in [0.25, 0.3) is 43.4 Å². The molecule has 0 fully saturated rings. The van der Waals surface area contributed by atoms with Gasteiger partial charge in [-0.25, -0.2) is 0 Å². The second kappa shape index (κ2) is 5.30. The molecule has 0 N–H and O–H groups in total. The summed E-state index contributed by atoms with van der Waals surface area (Å²) in [5.41, 5.74) is 2.53. The van der Waals surface area contributed by atoms with Crippen molar-refractivity contribution in [2.45, 2.75) is 0 Å². The van der Waals surface area contributed by atoms with Crippen molar-refractivity contribution in [2.24, 2.45) is 0 Å². The molecule has 0 aliphatic carbocycles. The highest BCUT2D eigenvalue weighted by Gasteiger charge is 2.13. The average Bonchev–Trinajstić information content (AvgIpc) is 2.62. The molecule has 5 aromatic rings. The Morgan fingerprint density at radius 3 is 1.83 bits per heavy atom. The lowest BCUT2D eigenvalue weighted by Crippen LogP contribution is -1.87. The first-order chi connectivity index (χ1) is 11.7. The van der Waals surface area contributed by atoms with Gasteiger partial charge in [0.05, 0.1) is 0 Å². The van der Waals surface area contributed by atoms with E-state index < -0.39 is 0 Å². The number of rotatable bonds is 1. The molecule has 0 unspecified atom stereocenters. The van der Waals surface area contributed by atoms with Crippen LogP contribution in [0.15, 0.2) is 81.7 Å². The zero-order valence-corrected chi connectivity index (χ0v) is 15.9. The molecule has 0 aliphatic rings. The minimum absolute atomic E-state index is 1.10. The molecule has 0 spiro atoms. The Morgan fingerprint density at radius 2 is 1.08 bits per heavy atom. The van der Waals surface area contributed by atoms with Crippen LogP contribution < -0.4 is 0 Å². The summed E-state index contributed by atoms with van der Waals surface area (Å²) in [6, 6.07) is 26.3. The average molecular weight is 436 g/mol. The van der Waals surface area contributed by atoms with Gasteiger partial charge in [0.15, 0.2) is 0 Å². The molecule has 0 radical (unpaired) electrons. The molecule has 0 heterocycles. The Kier molecular flexibility index (Phi) is 3.19. The zero-order valence-electron chi connectivity index (χ0n) is 12.7. The van der Waals surface area contributed by atoms with Crippen molar-refractivity contribution in [3.63, 3.8) is 0 Å². The van der Waals surface area contributed by atoms with Crippen LogP contribution in [0.4, 0.5) is 0 Å². The molecular formula is C22H12Br2. The van der Waals surface area contributed by atoms with E-state index in [4.69, 9.17) is 0 Å². The van der Waals surface area contributed by atoms with Crippen molar-refractivity contribution in [3.05, 3.63) is 81.7 Å². The second-order valence-electron chi connectivity index (χ2n) is 6.09. The standard InChI is InChI=1S/C22H12Br2/c23-16-7-1-13(2-8-16)17-9-3-14-5-11-19-20(24)12-6-15-4-10-18(17)21(14)22(15)19/h1-12H. The predicted octanol–water partition coefficient (Wildman–Crippen LogP) is 7.78. The molecule has 5 aromatic carbocycles. The van der Waals surface area contributed by atoms with E-state index in [9.17, 15) is 0 Å². The molecule has 2 heteroatoms. The first-order valence-electron chi connectivity index (χ1n) is 7.84. The number of hydrogen-bond donors (Lipinski definition) is 0. The summed E-state index contributed by atoms with van der Waals surface area (Å²) < 4.78 is 2.26. The number of benzene rings is 5. The molecule has 0 aromatic heterocycles. The zero-order chi connectivity index (χ0) is 16.3. The highest BCUT2D eigenvalue weighted by atomic mass is 79.9. The Bertz CT molecular complexity index is 1200. The maximum Gasteiger partial charge on any atom is 0.0254 e. The molecule has 0 aliphatic heterocycles. The fraction of sp³-hybridized carbons (Fsp3) is 0. The van der Waals surface area contributed by atoms with Gasteiger partial charge in [-0.1, -0.05) is 86.5 Å². The first kappa shape index (κ1) is 14.4. The van der Waals surface area contributed by atoms with Crippen molar-refractivity contribution < 1.29 is 0 Å². The first-order valence-corrected chi connectivity index (χ1v) is 9.43. The van der Waals surface area contributed by atoms with Gasteiger partial charge in [0, 0.05) is 8.95 Å². The van der Waals surface area contributed by atoms with Crippen molar-refractivity contribution in [1.82, 2.24) is 0 Å². The lowest BCUT2D eigenvalue weighted by Gasteiger charge is -2.15. The summed E-state index contributed by atoms with van der Waals surface area (Å²) in [7, 11) is 0. The Morgan fingerprint density at radius 1 is 0.500 bits per heavy atom. The van der Waals surface area contributed by atoms with Gasteiger partial charge in [-0.05, 0) is 61.6 Å². The number of halogens is 2.